The molecule has 2 heterocycles. The highest BCUT2D eigenvalue weighted by atomic mass is 31.1. The lowest BCUT2D eigenvalue weighted by molar-refractivity contribution is -0.138. The largest absolute Gasteiger partial charge is 0.493 e. The summed E-state index contributed by atoms with van der Waals surface area (Å²) >= 11 is 0. The highest BCUT2D eigenvalue weighted by Gasteiger charge is 2.31. The maximum Gasteiger partial charge on any atom is 0.416 e. The number of halogens is 6. The Morgan fingerprint density at radius 3 is 1.34 bits per heavy atom. The lowest BCUT2D eigenvalue weighted by Gasteiger charge is -2.13. The Morgan fingerprint density at radius 2 is 0.926 bits per heavy atom. The first kappa shape index (κ1) is 52.1. The molecule has 2 N–H and O–H groups in total. The fourth-order valence-corrected chi connectivity index (χ4v) is 8.18. The molecule has 366 valence electrons. The molecule has 0 aliphatic rings. The van der Waals surface area contributed by atoms with Crippen molar-refractivity contribution in [1.29, 1.82) is 0 Å². The van der Waals surface area contributed by atoms with Crippen molar-refractivity contribution in [3.8, 4) is 34.1 Å². The highest BCUT2D eigenvalue weighted by Crippen LogP contribution is 2.35. The third-order valence-electron chi connectivity index (χ3n) is 11.0. The van der Waals surface area contributed by atoms with E-state index in [1.165, 1.54) is 24.3 Å². The van der Waals surface area contributed by atoms with Gasteiger partial charge < -0.3 is 38.0 Å². The molecule has 0 fully saturated rings. The summed E-state index contributed by atoms with van der Waals surface area (Å²) in [5, 5.41) is 6.77. The van der Waals surface area contributed by atoms with Crippen molar-refractivity contribution in [1.82, 2.24) is 10.6 Å². The van der Waals surface area contributed by atoms with Gasteiger partial charge in [-0.3, -0.25) is 4.57 Å². The third kappa shape index (κ3) is 17.6. The first-order chi connectivity index (χ1) is 32.9. The van der Waals surface area contributed by atoms with Gasteiger partial charge in [0.2, 0.25) is 0 Å². The van der Waals surface area contributed by atoms with Crippen molar-refractivity contribution in [2.45, 2.75) is 89.7 Å². The Hall–Kier alpha value is -5.31. The van der Waals surface area contributed by atoms with Crippen molar-refractivity contribution in [2.75, 3.05) is 39.5 Å². The predicted molar refractivity (Wildman–Crippen MR) is 251 cm³/mol. The van der Waals surface area contributed by atoms with E-state index in [2.05, 4.69) is 10.6 Å². The molecule has 0 radical (unpaired) electrons. The zero-order valence-corrected chi connectivity index (χ0v) is 38.9. The van der Waals surface area contributed by atoms with Gasteiger partial charge in [0.1, 0.15) is 23.0 Å². The molecule has 0 saturated heterocycles. The molecule has 0 bridgehead atoms. The van der Waals surface area contributed by atoms with Crippen molar-refractivity contribution in [3.63, 3.8) is 0 Å². The summed E-state index contributed by atoms with van der Waals surface area (Å²) in [6, 6.07) is 30.2. The van der Waals surface area contributed by atoms with Crippen LogP contribution in [0.3, 0.4) is 0 Å². The van der Waals surface area contributed by atoms with Gasteiger partial charge in [-0.25, -0.2) is 0 Å². The molecule has 0 saturated carbocycles. The monoisotopic (exact) mass is 968 g/mol. The molecule has 16 heteroatoms. The number of rotatable bonds is 30. The van der Waals surface area contributed by atoms with Crippen LogP contribution in [0, 0.1) is 0 Å². The molecule has 9 nitrogen and oxygen atoms in total. The molecule has 0 aliphatic heterocycles. The maximum absolute atomic E-state index is 13.0. The van der Waals surface area contributed by atoms with E-state index in [-0.39, 0.29) is 13.2 Å². The smallest absolute Gasteiger partial charge is 0.416 e. The van der Waals surface area contributed by atoms with E-state index in [1.54, 1.807) is 24.7 Å². The molecule has 0 amide bonds. The summed E-state index contributed by atoms with van der Waals surface area (Å²) in [6.07, 6.45) is 1.60. The van der Waals surface area contributed by atoms with E-state index in [1.807, 2.05) is 60.7 Å². The van der Waals surface area contributed by atoms with Gasteiger partial charge >= 0.3 is 20.6 Å². The lowest BCUT2D eigenvalue weighted by atomic mass is 10.0. The van der Waals surface area contributed by atoms with Gasteiger partial charge in [-0.2, -0.15) is 26.3 Å². The fourth-order valence-electron chi connectivity index (χ4n) is 7.47. The van der Waals surface area contributed by atoms with Crippen molar-refractivity contribution < 1.29 is 58.3 Å². The van der Waals surface area contributed by atoms with E-state index >= 15 is 0 Å². The zero-order valence-electron chi connectivity index (χ0n) is 37.9. The quantitative estimate of drug-likeness (QED) is 0.0259. The minimum Gasteiger partial charge on any atom is -0.493 e. The zero-order chi connectivity index (χ0) is 48.0. The summed E-state index contributed by atoms with van der Waals surface area (Å²) in [4.78, 5) is 0. The normalized spacial score (nSPS) is 12.0. The van der Waals surface area contributed by atoms with E-state index in [0.717, 1.165) is 72.9 Å². The first-order valence-electron chi connectivity index (χ1n) is 23.0. The van der Waals surface area contributed by atoms with Gasteiger partial charge in [0, 0.05) is 13.1 Å². The molecular formula is C52H59F6N2O7P. The van der Waals surface area contributed by atoms with Crippen LogP contribution in [0.5, 0.6) is 11.5 Å². The van der Waals surface area contributed by atoms with Gasteiger partial charge in [0.25, 0.3) is 0 Å². The molecule has 6 rings (SSSR count). The number of nitrogens with one attached hydrogen (secondary N) is 2. The minimum absolute atomic E-state index is 0.286. The average Bonchev–Trinajstić information content (AvgIpc) is 4.08. The average molecular weight is 969 g/mol. The Kier molecular flexibility index (Phi) is 20.7. The van der Waals surface area contributed by atoms with Crippen LogP contribution < -0.4 is 20.1 Å². The van der Waals surface area contributed by atoms with Crippen molar-refractivity contribution in [2.24, 2.45) is 0 Å². The highest BCUT2D eigenvalue weighted by molar-refractivity contribution is 7.33. The SMILES string of the molecule is O=[PH](OCCCNCc1ccc(OCCCCCc2cccc(C(F)(F)F)c2)c(-c2ccco2)c1)OCCCNCc1ccc(OCCCCCc2cccc(C(F)(F)F)c2)c(-c2ccco2)c1. The number of furan rings is 2. The number of hydrogen-bond donors (Lipinski definition) is 2. The third-order valence-corrected chi connectivity index (χ3v) is 11.9. The van der Waals surface area contributed by atoms with E-state index < -0.39 is 31.7 Å². The molecule has 4 aromatic carbocycles. The first-order valence-corrected chi connectivity index (χ1v) is 24.3. The standard InChI is InChI=1S/C52H59F6N2O7P/c53-51(54,55)43-17-7-15-39(33-43)13-3-1-5-27-62-49-23-21-41(35-45(49)47-19-9-29-64-47)37-59-25-11-31-66-68(61)67-32-12-26-60-38-42-22-24-50(46(36-42)48-20-10-30-65-48)63-28-6-2-4-14-40-16-8-18-44(34-40)52(56,57)58/h7-10,15-24,29-30,33-36,59-60,68H,1-6,11-14,25-28,31-32,37-38H2. The Bertz CT molecular complexity index is 2240. The predicted octanol–water partition coefficient (Wildman–Crippen LogP) is 13.9. The molecule has 2 aromatic heterocycles. The molecule has 68 heavy (non-hydrogen) atoms. The Balaban J connectivity index is 0.809. The number of benzene rings is 4. The Labute approximate surface area is 394 Å². The number of hydrogen-bond acceptors (Lipinski definition) is 9. The Morgan fingerprint density at radius 1 is 0.471 bits per heavy atom. The van der Waals surface area contributed by atoms with Crippen LogP contribution >= 0.6 is 8.25 Å². The van der Waals surface area contributed by atoms with Crippen LogP contribution in [0.25, 0.3) is 22.6 Å². The maximum atomic E-state index is 13.0. The van der Waals surface area contributed by atoms with Gasteiger partial charge in [0.05, 0.1) is 61.2 Å². The van der Waals surface area contributed by atoms with Gasteiger partial charge in [-0.05, 0) is 160 Å². The van der Waals surface area contributed by atoms with E-state index in [9.17, 15) is 30.9 Å². The molecule has 0 atom stereocenters. The number of unbranched alkanes of at least 4 members (excludes halogenated alkanes) is 4. The van der Waals surface area contributed by atoms with Crippen molar-refractivity contribution >= 4 is 8.25 Å². The van der Waals surface area contributed by atoms with E-state index in [0.29, 0.717) is 99.2 Å². The molecule has 0 spiro atoms. The second-order valence-corrected chi connectivity index (χ2v) is 17.4. The summed E-state index contributed by atoms with van der Waals surface area (Å²) in [7, 11) is -2.63. The van der Waals surface area contributed by atoms with Crippen LogP contribution in [0.2, 0.25) is 0 Å². The molecule has 0 aliphatic carbocycles. The number of alkyl halides is 6. The second-order valence-electron chi connectivity index (χ2n) is 16.3. The van der Waals surface area contributed by atoms with Crippen molar-refractivity contribution in [3.05, 3.63) is 155 Å². The van der Waals surface area contributed by atoms with Crippen LogP contribution in [0.1, 0.15) is 84.7 Å². The summed E-state index contributed by atoms with van der Waals surface area (Å²) < 4.78 is 125. The summed E-state index contributed by atoms with van der Waals surface area (Å²) in [6.45, 7) is 3.95. The number of aryl methyl sites for hydroxylation is 2. The molecular weight excluding hydrogens is 910 g/mol. The summed E-state index contributed by atoms with van der Waals surface area (Å²) in [5.41, 5.74) is 3.81. The van der Waals surface area contributed by atoms with Gasteiger partial charge in [-0.1, -0.05) is 48.5 Å². The van der Waals surface area contributed by atoms with Gasteiger partial charge in [-0.15, -0.1) is 0 Å². The van der Waals surface area contributed by atoms with Crippen LogP contribution in [-0.4, -0.2) is 39.5 Å². The minimum atomic E-state index is -4.34. The number of ether oxygens (including phenoxy) is 2. The second kappa shape index (κ2) is 27.0. The topological polar surface area (TPSA) is 104 Å². The van der Waals surface area contributed by atoms with Crippen LogP contribution in [0.15, 0.2) is 131 Å². The molecule has 0 unspecified atom stereocenters. The fraction of sp³-hybridized carbons (Fsp3) is 0.385. The lowest BCUT2D eigenvalue weighted by Crippen LogP contribution is -2.16. The molecule has 6 aromatic rings. The van der Waals surface area contributed by atoms with Crippen LogP contribution in [0.4, 0.5) is 26.3 Å². The van der Waals surface area contributed by atoms with Gasteiger partial charge in [0.15, 0.2) is 0 Å². The van der Waals surface area contributed by atoms with E-state index in [4.69, 9.17) is 27.4 Å². The van der Waals surface area contributed by atoms with Crippen LogP contribution in [-0.2, 0) is 51.9 Å². The summed E-state index contributed by atoms with van der Waals surface area (Å²) in [5.74, 6) is 2.74.